The van der Waals surface area contributed by atoms with E-state index in [0.29, 0.717) is 4.88 Å². The van der Waals surface area contributed by atoms with E-state index >= 15 is 13.2 Å². The molecule has 1 atom stereocenters. The zero-order valence-electron chi connectivity index (χ0n) is 31.3. The molecule has 0 spiro atoms. The number of para-hydroxylation sites is 2. The minimum Gasteiger partial charge on any atom is -0.465 e. The molecule has 59 heavy (non-hydrogen) atoms. The van der Waals surface area contributed by atoms with Crippen molar-refractivity contribution in [2.75, 3.05) is 19.0 Å². The Balaban J connectivity index is 1.30. The fraction of sp³-hybridized carbons (Fsp3) is 0.0851. The highest BCUT2D eigenvalue weighted by Gasteiger charge is 2.65. The van der Waals surface area contributed by atoms with Crippen LogP contribution in [0.2, 0.25) is 0 Å². The summed E-state index contributed by atoms with van der Waals surface area (Å²) in [4.78, 5) is 3.78. The van der Waals surface area contributed by atoms with E-state index in [0.717, 1.165) is 59.0 Å². The molecule has 8 aromatic rings. The van der Waals surface area contributed by atoms with Crippen LogP contribution in [0.15, 0.2) is 156 Å². The smallest absolute Gasteiger partial charge is 0.437 e. The fourth-order valence-electron chi connectivity index (χ4n) is 7.76. The number of hydrogen-bond acceptors (Lipinski definition) is 7. The SMILES string of the molecule is CN(C)c1ccc(-c2cc3c(s2)c2c(c4sc(/C=C/C5=C(C#N)C(=C(C#N)C#N)OC5(c5ccccc5)C(F)(F)F)cc4n2-c2ccccc2)n3-c2ccccc2)cc1. The van der Waals surface area contributed by atoms with Crippen LogP contribution in [-0.2, 0) is 10.3 Å². The molecular formula is C47H29F3N6OS2. The van der Waals surface area contributed by atoms with E-state index in [2.05, 4.69) is 56.5 Å². The minimum atomic E-state index is -5.10. The van der Waals surface area contributed by atoms with E-state index in [4.69, 9.17) is 4.74 Å². The standard InChI is InChI=1S/C47H29F3N6OS2/c1-54(2)32-20-18-29(19-21-32)40-25-39-45(59-40)42-41(56(39)34-16-10-5-11-17-34)44-38(55(42)33-14-8-4-9-15-33)24-35(58-44)22-23-37-36(28-53)43(30(26-51)27-52)57-46(37,47(48,49)50)31-12-6-3-7-13-31/h3-25H,1-2H3/b23-22+. The first-order valence-corrected chi connectivity index (χ1v) is 19.9. The summed E-state index contributed by atoms with van der Waals surface area (Å²) in [5, 5.41) is 29.7. The van der Waals surface area contributed by atoms with Crippen molar-refractivity contribution in [1.29, 1.82) is 15.8 Å². The van der Waals surface area contributed by atoms with Crippen molar-refractivity contribution in [1.82, 2.24) is 9.13 Å². The Morgan fingerprint density at radius 3 is 1.78 bits per heavy atom. The first kappa shape index (κ1) is 37.3. The average molecular weight is 815 g/mol. The van der Waals surface area contributed by atoms with Gasteiger partial charge < -0.3 is 18.8 Å². The molecule has 7 nitrogen and oxygen atoms in total. The summed E-state index contributed by atoms with van der Waals surface area (Å²) in [6, 6.07) is 44.6. The lowest BCUT2D eigenvalue weighted by Gasteiger charge is -2.33. The van der Waals surface area contributed by atoms with E-state index in [-0.39, 0.29) is 5.56 Å². The zero-order valence-corrected chi connectivity index (χ0v) is 33.0. The van der Waals surface area contributed by atoms with E-state index < -0.39 is 34.3 Å². The number of fused-ring (bicyclic) bond motifs is 5. The molecule has 0 radical (unpaired) electrons. The predicted molar refractivity (Wildman–Crippen MR) is 228 cm³/mol. The van der Waals surface area contributed by atoms with Gasteiger partial charge in [-0.2, -0.15) is 29.0 Å². The quantitative estimate of drug-likeness (QED) is 0.149. The summed E-state index contributed by atoms with van der Waals surface area (Å²) >= 11 is 3.12. The van der Waals surface area contributed by atoms with Gasteiger partial charge in [0.2, 0.25) is 0 Å². The van der Waals surface area contributed by atoms with E-state index in [1.807, 2.05) is 74.8 Å². The molecule has 0 fully saturated rings. The Hall–Kier alpha value is -7.30. The number of benzene rings is 4. The van der Waals surface area contributed by atoms with Gasteiger partial charge >= 0.3 is 6.18 Å². The maximum atomic E-state index is 15.5. The highest BCUT2D eigenvalue weighted by Crippen LogP contribution is 2.56. The molecule has 4 aromatic heterocycles. The summed E-state index contributed by atoms with van der Waals surface area (Å²) in [6.07, 6.45) is -2.32. The van der Waals surface area contributed by atoms with Crippen LogP contribution in [-0.4, -0.2) is 29.4 Å². The molecule has 12 heteroatoms. The summed E-state index contributed by atoms with van der Waals surface area (Å²) in [5.74, 6) is -0.708. The van der Waals surface area contributed by atoms with Gasteiger partial charge in [-0.25, -0.2) is 0 Å². The Kier molecular flexibility index (Phi) is 9.01. The third-order valence-electron chi connectivity index (χ3n) is 10.4. The normalized spacial score (nSPS) is 15.5. The molecule has 0 N–H and O–H groups in total. The maximum absolute atomic E-state index is 15.5. The summed E-state index contributed by atoms with van der Waals surface area (Å²) in [6.45, 7) is 0. The van der Waals surface area contributed by atoms with E-state index in [1.165, 1.54) is 41.7 Å². The Morgan fingerprint density at radius 2 is 1.25 bits per heavy atom. The number of thiophene rings is 2. The van der Waals surface area contributed by atoms with Crippen molar-refractivity contribution in [3.8, 4) is 40.0 Å². The van der Waals surface area contributed by atoms with Crippen LogP contribution in [0.25, 0.3) is 59.4 Å². The van der Waals surface area contributed by atoms with Gasteiger partial charge in [0.25, 0.3) is 5.60 Å². The van der Waals surface area contributed by atoms with Gasteiger partial charge in [-0.15, -0.1) is 22.7 Å². The monoisotopic (exact) mass is 814 g/mol. The van der Waals surface area contributed by atoms with E-state index in [1.54, 1.807) is 35.6 Å². The molecule has 5 heterocycles. The molecule has 0 aliphatic carbocycles. The highest BCUT2D eigenvalue weighted by atomic mass is 32.1. The first-order valence-electron chi connectivity index (χ1n) is 18.3. The number of halogens is 3. The predicted octanol–water partition coefficient (Wildman–Crippen LogP) is 12.2. The number of hydrogen-bond donors (Lipinski definition) is 0. The van der Waals surface area contributed by atoms with Gasteiger partial charge in [0, 0.05) is 52.0 Å². The minimum absolute atomic E-state index is 0.299. The second-order valence-corrected chi connectivity index (χ2v) is 16.1. The second-order valence-electron chi connectivity index (χ2n) is 14.0. The number of nitriles is 3. The molecule has 1 aliphatic heterocycles. The van der Waals surface area contributed by atoms with Gasteiger partial charge in [-0.05, 0) is 60.2 Å². The van der Waals surface area contributed by atoms with Crippen LogP contribution in [0.3, 0.4) is 0 Å². The number of anilines is 1. The lowest BCUT2D eigenvalue weighted by molar-refractivity contribution is -0.249. The fourth-order valence-corrected chi connectivity index (χ4v) is 10.0. The highest BCUT2D eigenvalue weighted by molar-refractivity contribution is 7.24. The van der Waals surface area contributed by atoms with Crippen LogP contribution in [0.4, 0.5) is 18.9 Å². The molecule has 0 amide bonds. The van der Waals surface area contributed by atoms with Crippen molar-refractivity contribution >= 4 is 65.9 Å². The molecule has 286 valence electrons. The third kappa shape index (κ3) is 5.82. The van der Waals surface area contributed by atoms with Gasteiger partial charge in [0.05, 0.1) is 31.5 Å². The van der Waals surface area contributed by atoms with Crippen molar-refractivity contribution in [3.05, 3.63) is 166 Å². The molecule has 1 unspecified atom stereocenters. The first-order chi connectivity index (χ1) is 28.6. The van der Waals surface area contributed by atoms with Crippen LogP contribution in [0.5, 0.6) is 0 Å². The Bertz CT molecular complexity index is 3150. The summed E-state index contributed by atoms with van der Waals surface area (Å²) < 4.78 is 58.7. The van der Waals surface area contributed by atoms with Crippen molar-refractivity contribution in [3.63, 3.8) is 0 Å². The van der Waals surface area contributed by atoms with E-state index in [9.17, 15) is 15.8 Å². The number of ether oxygens (including phenoxy) is 1. The Morgan fingerprint density at radius 1 is 0.712 bits per heavy atom. The van der Waals surface area contributed by atoms with Crippen LogP contribution in [0, 0.1) is 34.0 Å². The second kappa shape index (κ2) is 14.3. The maximum Gasteiger partial charge on any atom is 0.437 e. The molecule has 4 aromatic carbocycles. The van der Waals surface area contributed by atoms with Crippen molar-refractivity contribution < 1.29 is 17.9 Å². The molecule has 9 rings (SSSR count). The van der Waals surface area contributed by atoms with Gasteiger partial charge in [-0.3, -0.25) is 0 Å². The number of aromatic nitrogens is 2. The number of alkyl halides is 3. The Labute approximate surface area is 344 Å². The summed E-state index contributed by atoms with van der Waals surface area (Å²) in [7, 11) is 4.02. The zero-order chi connectivity index (χ0) is 41.1. The van der Waals surface area contributed by atoms with Gasteiger partial charge in [0.15, 0.2) is 11.3 Å². The molecular weight excluding hydrogens is 786 g/mol. The molecule has 0 bridgehead atoms. The average Bonchev–Trinajstić information content (AvgIpc) is 4.06. The number of nitrogens with zero attached hydrogens (tertiary/aromatic N) is 6. The lowest BCUT2D eigenvalue weighted by Crippen LogP contribution is -2.43. The molecule has 0 saturated heterocycles. The molecule has 1 aliphatic rings. The third-order valence-corrected chi connectivity index (χ3v) is 12.7. The lowest BCUT2D eigenvalue weighted by atomic mass is 9.84. The van der Waals surface area contributed by atoms with Crippen LogP contribution >= 0.6 is 22.7 Å². The van der Waals surface area contributed by atoms with Gasteiger partial charge in [0.1, 0.15) is 23.8 Å². The van der Waals surface area contributed by atoms with Crippen molar-refractivity contribution in [2.45, 2.75) is 11.8 Å². The topological polar surface area (TPSA) is 93.7 Å². The number of allylic oxidation sites excluding steroid dienone is 2. The van der Waals surface area contributed by atoms with Crippen molar-refractivity contribution in [2.24, 2.45) is 0 Å². The number of rotatable bonds is 7. The van der Waals surface area contributed by atoms with Crippen LogP contribution < -0.4 is 4.90 Å². The van der Waals surface area contributed by atoms with Crippen LogP contribution in [0.1, 0.15) is 10.4 Å². The molecule has 0 saturated carbocycles. The largest absolute Gasteiger partial charge is 0.465 e. The summed E-state index contributed by atoms with van der Waals surface area (Å²) in [5.41, 5.74) is 2.62. The van der Waals surface area contributed by atoms with Gasteiger partial charge in [-0.1, -0.05) is 84.9 Å².